The number of nitrogens with zero attached hydrogens (tertiary/aromatic N) is 1. The number of rotatable bonds is 6. The van der Waals surface area contributed by atoms with Gasteiger partial charge in [0.15, 0.2) is 11.5 Å². The van der Waals surface area contributed by atoms with Crippen LogP contribution < -0.4 is 9.47 Å². The quantitative estimate of drug-likeness (QED) is 0.139. The van der Waals surface area contributed by atoms with Crippen molar-refractivity contribution >= 4 is 61.7 Å². The summed E-state index contributed by atoms with van der Waals surface area (Å²) in [6.07, 6.45) is 1.63. The number of fused-ring (bicyclic) bond motifs is 1. The zero-order chi connectivity index (χ0) is 25.9. The summed E-state index contributed by atoms with van der Waals surface area (Å²) in [5.74, 6) is -0.309. The molecule has 0 unspecified atom stereocenters. The van der Waals surface area contributed by atoms with Crippen LogP contribution in [0.5, 0.6) is 11.5 Å². The summed E-state index contributed by atoms with van der Waals surface area (Å²) in [6.45, 7) is 0.195. The van der Waals surface area contributed by atoms with Crippen molar-refractivity contribution < 1.29 is 23.9 Å². The number of thioether (sulfide) groups is 1. The second-order valence-corrected chi connectivity index (χ2v) is 10.2. The van der Waals surface area contributed by atoms with Crippen molar-refractivity contribution in [3.05, 3.63) is 111 Å². The minimum Gasteiger partial charge on any atom is -0.493 e. The van der Waals surface area contributed by atoms with Crippen LogP contribution in [-0.2, 0) is 11.3 Å². The lowest BCUT2D eigenvalue weighted by molar-refractivity contribution is -0.123. The van der Waals surface area contributed by atoms with Gasteiger partial charge in [0.1, 0.15) is 0 Å². The Morgan fingerprint density at radius 2 is 1.73 bits per heavy atom. The number of methoxy groups -OCH3 is 1. The molecule has 0 N–H and O–H groups in total. The molecule has 8 heteroatoms. The summed E-state index contributed by atoms with van der Waals surface area (Å²) >= 11 is 4.23. The molecule has 1 saturated heterocycles. The first-order valence-corrected chi connectivity index (χ1v) is 12.9. The fraction of sp³-hybridized carbons (Fsp3) is 0.0690. The average molecular weight is 574 g/mol. The number of esters is 1. The number of imide groups is 1. The number of hydrogen-bond acceptors (Lipinski definition) is 6. The first-order valence-electron chi connectivity index (χ1n) is 11.3. The summed E-state index contributed by atoms with van der Waals surface area (Å²) in [6, 6.07) is 25.7. The molecule has 1 aliphatic heterocycles. The lowest BCUT2D eigenvalue weighted by Gasteiger charge is -2.13. The molecule has 1 fully saturated rings. The molecule has 0 bridgehead atoms. The predicted octanol–water partition coefficient (Wildman–Crippen LogP) is 7.07. The minimum absolute atomic E-state index is 0.195. The zero-order valence-electron chi connectivity index (χ0n) is 19.6. The van der Waals surface area contributed by atoms with Crippen LogP contribution in [0.25, 0.3) is 16.8 Å². The highest BCUT2D eigenvalue weighted by Crippen LogP contribution is 2.36. The van der Waals surface area contributed by atoms with Gasteiger partial charge in [0, 0.05) is 4.47 Å². The molecular weight excluding hydrogens is 554 g/mol. The predicted molar refractivity (Wildman–Crippen MR) is 148 cm³/mol. The maximum atomic E-state index is 13.1. The second kappa shape index (κ2) is 10.6. The second-order valence-electron chi connectivity index (χ2n) is 8.26. The summed E-state index contributed by atoms with van der Waals surface area (Å²) < 4.78 is 11.7. The fourth-order valence-electron chi connectivity index (χ4n) is 3.94. The molecule has 0 spiro atoms. The van der Waals surface area contributed by atoms with Crippen molar-refractivity contribution in [1.82, 2.24) is 4.90 Å². The Bertz CT molecular complexity index is 1580. The lowest BCUT2D eigenvalue weighted by atomic mass is 10.1. The van der Waals surface area contributed by atoms with E-state index in [9.17, 15) is 14.4 Å². The Morgan fingerprint density at radius 1 is 0.919 bits per heavy atom. The number of carbonyl (C=O) groups excluding carboxylic acids is 3. The highest BCUT2D eigenvalue weighted by Gasteiger charge is 2.35. The van der Waals surface area contributed by atoms with Crippen molar-refractivity contribution in [2.75, 3.05) is 7.11 Å². The van der Waals surface area contributed by atoms with Gasteiger partial charge in [-0.05, 0) is 76.1 Å². The number of amides is 2. The Balaban J connectivity index is 1.33. The molecule has 0 atom stereocenters. The van der Waals surface area contributed by atoms with Crippen LogP contribution >= 0.6 is 27.7 Å². The highest BCUT2D eigenvalue weighted by atomic mass is 79.9. The third kappa shape index (κ3) is 5.45. The molecule has 0 aliphatic carbocycles. The maximum absolute atomic E-state index is 13.1. The molecule has 37 heavy (non-hydrogen) atoms. The van der Waals surface area contributed by atoms with Gasteiger partial charge in [0.25, 0.3) is 11.1 Å². The van der Waals surface area contributed by atoms with E-state index in [1.54, 1.807) is 42.5 Å². The van der Waals surface area contributed by atoms with Crippen LogP contribution in [0.2, 0.25) is 0 Å². The number of hydrogen-bond donors (Lipinski definition) is 0. The molecule has 6 nitrogen and oxygen atoms in total. The van der Waals surface area contributed by atoms with E-state index in [2.05, 4.69) is 15.9 Å². The van der Waals surface area contributed by atoms with Crippen molar-refractivity contribution in [1.29, 1.82) is 0 Å². The molecule has 4 aromatic rings. The van der Waals surface area contributed by atoms with Gasteiger partial charge in [-0.25, -0.2) is 4.79 Å². The SMILES string of the molecule is COc1cc(/C=C2\SC(=O)N(Cc3ccc4ccccc4c3)C2=O)ccc1OC(=O)c1cccc(Br)c1. The van der Waals surface area contributed by atoms with Crippen molar-refractivity contribution in [2.45, 2.75) is 6.54 Å². The van der Waals surface area contributed by atoms with Crippen LogP contribution in [0.3, 0.4) is 0 Å². The highest BCUT2D eigenvalue weighted by molar-refractivity contribution is 9.10. The summed E-state index contributed by atoms with van der Waals surface area (Å²) in [5, 5.41) is 1.83. The molecule has 5 rings (SSSR count). The summed E-state index contributed by atoms with van der Waals surface area (Å²) in [7, 11) is 1.47. The number of ether oxygens (including phenoxy) is 2. The van der Waals surface area contributed by atoms with E-state index in [4.69, 9.17) is 9.47 Å². The third-order valence-corrected chi connectivity index (χ3v) is 7.18. The Kier molecular flexibility index (Phi) is 7.12. The Morgan fingerprint density at radius 3 is 2.51 bits per heavy atom. The van der Waals surface area contributed by atoms with Gasteiger partial charge in [-0.1, -0.05) is 64.5 Å². The largest absolute Gasteiger partial charge is 0.493 e. The molecule has 184 valence electrons. The van der Waals surface area contributed by atoms with Crippen LogP contribution in [0.4, 0.5) is 4.79 Å². The topological polar surface area (TPSA) is 72.9 Å². The zero-order valence-corrected chi connectivity index (χ0v) is 22.0. The van der Waals surface area contributed by atoms with E-state index < -0.39 is 5.97 Å². The molecular formula is C29H20BrNO5S. The summed E-state index contributed by atoms with van der Waals surface area (Å²) in [4.78, 5) is 39.8. The Hall–Kier alpha value is -3.88. The molecule has 1 heterocycles. The van der Waals surface area contributed by atoms with E-state index >= 15 is 0 Å². The van der Waals surface area contributed by atoms with Gasteiger partial charge < -0.3 is 9.47 Å². The molecule has 0 saturated carbocycles. The van der Waals surface area contributed by atoms with Crippen LogP contribution in [0.1, 0.15) is 21.5 Å². The van der Waals surface area contributed by atoms with E-state index in [1.165, 1.54) is 12.0 Å². The normalized spacial score (nSPS) is 14.4. The van der Waals surface area contributed by atoms with E-state index in [0.29, 0.717) is 21.8 Å². The molecule has 1 aliphatic rings. The van der Waals surface area contributed by atoms with Crippen LogP contribution in [0, 0.1) is 0 Å². The van der Waals surface area contributed by atoms with Gasteiger partial charge in [0.05, 0.1) is 24.1 Å². The number of carbonyl (C=O) groups is 3. The lowest BCUT2D eigenvalue weighted by Crippen LogP contribution is -2.27. The molecule has 0 radical (unpaired) electrons. The van der Waals surface area contributed by atoms with Crippen molar-refractivity contribution in [2.24, 2.45) is 0 Å². The third-order valence-electron chi connectivity index (χ3n) is 5.78. The van der Waals surface area contributed by atoms with Gasteiger partial charge in [-0.3, -0.25) is 14.5 Å². The number of benzene rings is 4. The smallest absolute Gasteiger partial charge is 0.343 e. The minimum atomic E-state index is -0.526. The van der Waals surface area contributed by atoms with Crippen LogP contribution in [-0.4, -0.2) is 29.1 Å². The molecule has 0 aromatic heterocycles. The maximum Gasteiger partial charge on any atom is 0.343 e. The van der Waals surface area contributed by atoms with Crippen molar-refractivity contribution in [3.63, 3.8) is 0 Å². The van der Waals surface area contributed by atoms with Crippen LogP contribution in [0.15, 0.2) is 94.3 Å². The molecule has 4 aromatic carbocycles. The van der Waals surface area contributed by atoms with Gasteiger partial charge >= 0.3 is 5.97 Å². The first kappa shape index (κ1) is 24.8. The van der Waals surface area contributed by atoms with E-state index in [0.717, 1.165) is 32.6 Å². The van der Waals surface area contributed by atoms with E-state index in [1.807, 2.05) is 48.5 Å². The van der Waals surface area contributed by atoms with Gasteiger partial charge in [-0.15, -0.1) is 0 Å². The standard InChI is InChI=1S/C29H20BrNO5S/c1-35-25-14-18(10-12-24(25)36-28(33)22-7-4-8-23(30)16-22)15-26-27(32)31(29(34)37-26)17-19-9-11-20-5-2-3-6-21(20)13-19/h2-16H,17H2,1H3/b26-15-. The van der Waals surface area contributed by atoms with Gasteiger partial charge in [-0.2, -0.15) is 0 Å². The monoisotopic (exact) mass is 573 g/mol. The van der Waals surface area contributed by atoms with Crippen molar-refractivity contribution in [3.8, 4) is 11.5 Å². The van der Waals surface area contributed by atoms with E-state index in [-0.39, 0.29) is 23.4 Å². The molecule has 2 amide bonds. The van der Waals surface area contributed by atoms with Gasteiger partial charge in [0.2, 0.25) is 0 Å². The first-order chi connectivity index (χ1) is 17.9. The fourth-order valence-corrected chi connectivity index (χ4v) is 5.18. The summed E-state index contributed by atoms with van der Waals surface area (Å²) in [5.41, 5.74) is 1.90. The number of halogens is 1. The average Bonchev–Trinajstić information content (AvgIpc) is 3.16. The Labute approximate surface area is 226 Å².